The highest BCUT2D eigenvalue weighted by Crippen LogP contribution is 2.19. The van der Waals surface area contributed by atoms with E-state index in [0.717, 1.165) is 0 Å². The molecule has 1 amide bonds. The Labute approximate surface area is 86.3 Å². The standard InChI is InChI=1S/C8H15NO6/c1-3(11)9-5-7(13)6(12)4(2-10)15-8(5)14/h4-8,10,12-14H,2H2,1H3,(H,9,11)/t4-,5-,6+,7?,8?/m1/s1. The van der Waals surface area contributed by atoms with Gasteiger partial charge in [0.25, 0.3) is 0 Å². The van der Waals surface area contributed by atoms with E-state index in [1.54, 1.807) is 0 Å². The molecular weight excluding hydrogens is 206 g/mol. The molecule has 0 saturated carbocycles. The molecule has 7 heteroatoms. The highest BCUT2D eigenvalue weighted by Gasteiger charge is 2.43. The van der Waals surface area contributed by atoms with Gasteiger partial charge in [0.1, 0.15) is 24.4 Å². The minimum Gasteiger partial charge on any atom is -0.394 e. The van der Waals surface area contributed by atoms with Gasteiger partial charge in [0.15, 0.2) is 6.29 Å². The number of ether oxygens (including phenoxy) is 1. The average Bonchev–Trinajstić information content (AvgIpc) is 2.18. The number of amides is 1. The van der Waals surface area contributed by atoms with Crippen LogP contribution in [0.3, 0.4) is 0 Å². The molecule has 0 aromatic rings. The van der Waals surface area contributed by atoms with Crippen molar-refractivity contribution in [2.75, 3.05) is 6.61 Å². The largest absolute Gasteiger partial charge is 0.394 e. The Balaban J connectivity index is 2.70. The zero-order chi connectivity index (χ0) is 11.6. The van der Waals surface area contributed by atoms with Crippen LogP contribution in [0.4, 0.5) is 0 Å². The molecule has 15 heavy (non-hydrogen) atoms. The molecular formula is C8H15NO6. The molecule has 1 fully saturated rings. The van der Waals surface area contributed by atoms with Crippen LogP contribution in [0.25, 0.3) is 0 Å². The fraction of sp³-hybridized carbons (Fsp3) is 0.875. The van der Waals surface area contributed by atoms with Gasteiger partial charge in [0.2, 0.25) is 5.91 Å². The van der Waals surface area contributed by atoms with Gasteiger partial charge in [0, 0.05) is 6.92 Å². The van der Waals surface area contributed by atoms with Gasteiger partial charge in [-0.05, 0) is 0 Å². The minimum absolute atomic E-state index is 0.462. The zero-order valence-corrected chi connectivity index (χ0v) is 8.20. The van der Waals surface area contributed by atoms with Gasteiger partial charge >= 0.3 is 0 Å². The predicted molar refractivity (Wildman–Crippen MR) is 47.6 cm³/mol. The van der Waals surface area contributed by atoms with Crippen molar-refractivity contribution in [2.24, 2.45) is 0 Å². The van der Waals surface area contributed by atoms with E-state index in [9.17, 15) is 20.1 Å². The smallest absolute Gasteiger partial charge is 0.217 e. The van der Waals surface area contributed by atoms with E-state index in [2.05, 4.69) is 5.32 Å². The van der Waals surface area contributed by atoms with Crippen LogP contribution in [0.5, 0.6) is 0 Å². The van der Waals surface area contributed by atoms with E-state index in [4.69, 9.17) is 9.84 Å². The molecule has 0 aromatic carbocycles. The molecule has 5 atom stereocenters. The van der Waals surface area contributed by atoms with Gasteiger partial charge in [-0.15, -0.1) is 0 Å². The van der Waals surface area contributed by atoms with E-state index in [1.807, 2.05) is 0 Å². The number of rotatable bonds is 2. The first-order chi connectivity index (χ1) is 6.97. The van der Waals surface area contributed by atoms with Crippen molar-refractivity contribution in [3.05, 3.63) is 0 Å². The Morgan fingerprint density at radius 2 is 1.93 bits per heavy atom. The third-order valence-corrected chi connectivity index (χ3v) is 2.27. The van der Waals surface area contributed by atoms with Crippen molar-refractivity contribution in [1.82, 2.24) is 5.32 Å². The maximum atomic E-state index is 10.7. The highest BCUT2D eigenvalue weighted by atomic mass is 16.6. The number of carbonyl (C=O) groups is 1. The molecule has 1 rings (SSSR count). The molecule has 1 aliphatic rings. The van der Waals surface area contributed by atoms with Crippen LogP contribution in [0.2, 0.25) is 0 Å². The summed E-state index contributed by atoms with van der Waals surface area (Å²) in [5.74, 6) is -0.462. The summed E-state index contributed by atoms with van der Waals surface area (Å²) in [5.41, 5.74) is 0. The molecule has 0 spiro atoms. The Morgan fingerprint density at radius 3 is 2.40 bits per heavy atom. The quantitative estimate of drug-likeness (QED) is 0.337. The first-order valence-corrected chi connectivity index (χ1v) is 4.55. The third-order valence-electron chi connectivity index (χ3n) is 2.27. The number of carbonyl (C=O) groups excluding carboxylic acids is 1. The Morgan fingerprint density at radius 1 is 1.33 bits per heavy atom. The van der Waals surface area contributed by atoms with Crippen molar-refractivity contribution >= 4 is 5.91 Å². The molecule has 0 radical (unpaired) electrons. The summed E-state index contributed by atoms with van der Waals surface area (Å²) in [6, 6.07) is -1.10. The third kappa shape index (κ3) is 2.64. The summed E-state index contributed by atoms with van der Waals surface area (Å²) < 4.78 is 4.81. The van der Waals surface area contributed by atoms with Gasteiger partial charge in [-0.1, -0.05) is 0 Å². The second-order valence-electron chi connectivity index (χ2n) is 3.46. The van der Waals surface area contributed by atoms with Crippen LogP contribution in [0.1, 0.15) is 6.92 Å². The topological polar surface area (TPSA) is 119 Å². The normalized spacial score (nSPS) is 41.3. The lowest BCUT2D eigenvalue weighted by atomic mass is 9.97. The van der Waals surface area contributed by atoms with Crippen LogP contribution >= 0.6 is 0 Å². The molecule has 2 unspecified atom stereocenters. The van der Waals surface area contributed by atoms with Crippen LogP contribution in [0.15, 0.2) is 0 Å². The van der Waals surface area contributed by atoms with E-state index < -0.39 is 43.2 Å². The molecule has 0 bridgehead atoms. The minimum atomic E-state index is -1.45. The molecule has 1 heterocycles. The maximum Gasteiger partial charge on any atom is 0.217 e. The van der Waals surface area contributed by atoms with Crippen LogP contribution < -0.4 is 5.32 Å². The predicted octanol–water partition coefficient (Wildman–Crippen LogP) is -3.08. The SMILES string of the molecule is CC(=O)N[C@H]1C(O)O[C@H](CO)[C@H](O)C1O. The molecule has 1 saturated heterocycles. The van der Waals surface area contributed by atoms with Crippen molar-refractivity contribution in [2.45, 2.75) is 37.6 Å². The van der Waals surface area contributed by atoms with Gasteiger partial charge in [-0.25, -0.2) is 0 Å². The first kappa shape index (κ1) is 12.3. The zero-order valence-electron chi connectivity index (χ0n) is 8.20. The molecule has 5 N–H and O–H groups in total. The maximum absolute atomic E-state index is 10.7. The van der Waals surface area contributed by atoms with Crippen molar-refractivity contribution in [3.8, 4) is 0 Å². The van der Waals surface area contributed by atoms with E-state index in [0.29, 0.717) is 0 Å². The number of hydrogen-bond donors (Lipinski definition) is 5. The molecule has 0 aliphatic carbocycles. The van der Waals surface area contributed by atoms with Gasteiger partial charge in [0.05, 0.1) is 6.61 Å². The van der Waals surface area contributed by atoms with Crippen molar-refractivity contribution < 1.29 is 30.0 Å². The lowest BCUT2D eigenvalue weighted by Crippen LogP contribution is -2.63. The summed E-state index contributed by atoms with van der Waals surface area (Å²) in [4.78, 5) is 10.7. The summed E-state index contributed by atoms with van der Waals surface area (Å²) in [6.07, 6.45) is -5.24. The number of aliphatic hydroxyl groups excluding tert-OH is 4. The summed E-state index contributed by atoms with van der Waals surface area (Å²) in [5, 5.41) is 39.4. The van der Waals surface area contributed by atoms with E-state index in [1.165, 1.54) is 6.92 Å². The second kappa shape index (κ2) is 4.86. The van der Waals surface area contributed by atoms with Crippen molar-refractivity contribution in [1.29, 1.82) is 0 Å². The lowest BCUT2D eigenvalue weighted by molar-refractivity contribution is -0.253. The number of hydrogen-bond acceptors (Lipinski definition) is 6. The Hall–Kier alpha value is -0.730. The molecule has 0 aromatic heterocycles. The van der Waals surface area contributed by atoms with E-state index >= 15 is 0 Å². The lowest BCUT2D eigenvalue weighted by Gasteiger charge is -2.40. The monoisotopic (exact) mass is 221 g/mol. The summed E-state index contributed by atoms with van der Waals surface area (Å²) in [6.45, 7) is 0.687. The van der Waals surface area contributed by atoms with Crippen molar-refractivity contribution in [3.63, 3.8) is 0 Å². The molecule has 88 valence electrons. The summed E-state index contributed by atoms with van der Waals surface area (Å²) in [7, 11) is 0. The molecule has 7 nitrogen and oxygen atoms in total. The van der Waals surface area contributed by atoms with Crippen LogP contribution in [-0.2, 0) is 9.53 Å². The highest BCUT2D eigenvalue weighted by molar-refractivity contribution is 5.73. The number of nitrogens with one attached hydrogen (secondary N) is 1. The first-order valence-electron chi connectivity index (χ1n) is 4.55. The average molecular weight is 221 g/mol. The van der Waals surface area contributed by atoms with Crippen LogP contribution in [-0.4, -0.2) is 63.6 Å². The fourth-order valence-corrected chi connectivity index (χ4v) is 1.49. The summed E-state index contributed by atoms with van der Waals surface area (Å²) >= 11 is 0. The van der Waals surface area contributed by atoms with Gasteiger partial charge in [-0.2, -0.15) is 0 Å². The fourth-order valence-electron chi connectivity index (χ4n) is 1.49. The van der Waals surface area contributed by atoms with E-state index in [-0.39, 0.29) is 0 Å². The van der Waals surface area contributed by atoms with Gasteiger partial charge in [-0.3, -0.25) is 4.79 Å². The second-order valence-corrected chi connectivity index (χ2v) is 3.46. The molecule has 1 aliphatic heterocycles. The van der Waals surface area contributed by atoms with Crippen LogP contribution in [0, 0.1) is 0 Å². The van der Waals surface area contributed by atoms with Gasteiger partial charge < -0.3 is 30.5 Å². The Kier molecular flexibility index (Phi) is 4.00. The Bertz CT molecular complexity index is 235. The number of aliphatic hydroxyl groups is 4.